The molecule has 0 unspecified atom stereocenters. The minimum absolute atomic E-state index is 0.218. The van der Waals surface area contributed by atoms with Crippen molar-refractivity contribution in [3.05, 3.63) is 34.9 Å². The van der Waals surface area contributed by atoms with E-state index in [4.69, 9.17) is 16.3 Å². The second-order valence-corrected chi connectivity index (χ2v) is 5.63. The monoisotopic (exact) mass is 297 g/mol. The maximum absolute atomic E-state index is 5.96. The maximum atomic E-state index is 5.96. The second-order valence-electron chi connectivity index (χ2n) is 5.20. The van der Waals surface area contributed by atoms with Crippen molar-refractivity contribution in [1.82, 2.24) is 10.6 Å². The zero-order valence-corrected chi connectivity index (χ0v) is 13.4. The van der Waals surface area contributed by atoms with Gasteiger partial charge in [-0.25, -0.2) is 0 Å². The summed E-state index contributed by atoms with van der Waals surface area (Å²) < 4.78 is 5.36. The topological polar surface area (TPSA) is 45.7 Å². The molecule has 0 radical (unpaired) electrons. The fourth-order valence-corrected chi connectivity index (χ4v) is 1.82. The average molecular weight is 298 g/mol. The third-order valence-corrected chi connectivity index (χ3v) is 3.29. The lowest BCUT2D eigenvalue weighted by atomic mass is 10.1. The number of hydrogen-bond acceptors (Lipinski definition) is 2. The van der Waals surface area contributed by atoms with Crippen molar-refractivity contribution in [2.75, 3.05) is 27.2 Å². The molecule has 0 aliphatic rings. The summed E-state index contributed by atoms with van der Waals surface area (Å²) in [5, 5.41) is 7.29. The first-order valence-corrected chi connectivity index (χ1v) is 7.09. The van der Waals surface area contributed by atoms with Gasteiger partial charge in [-0.3, -0.25) is 4.99 Å². The molecule has 1 aromatic rings. The number of aliphatic imine (C=N–C) groups is 1. The van der Waals surface area contributed by atoms with Gasteiger partial charge in [0, 0.05) is 32.3 Å². The number of nitrogens with zero attached hydrogens (tertiary/aromatic N) is 1. The summed E-state index contributed by atoms with van der Waals surface area (Å²) in [7, 11) is 3.46. The van der Waals surface area contributed by atoms with Gasteiger partial charge < -0.3 is 15.4 Å². The molecule has 4 nitrogen and oxygen atoms in total. The highest BCUT2D eigenvalue weighted by Gasteiger charge is 2.16. The molecule has 0 atom stereocenters. The van der Waals surface area contributed by atoms with Crippen molar-refractivity contribution in [1.29, 1.82) is 0 Å². The molecule has 0 saturated carbocycles. The van der Waals surface area contributed by atoms with Crippen molar-refractivity contribution in [3.8, 4) is 0 Å². The van der Waals surface area contributed by atoms with Crippen molar-refractivity contribution in [3.63, 3.8) is 0 Å². The molecule has 0 heterocycles. The van der Waals surface area contributed by atoms with E-state index in [0.717, 1.165) is 23.9 Å². The fraction of sp³-hybridized carbons (Fsp3) is 0.533. The average Bonchev–Trinajstić information content (AvgIpc) is 2.42. The predicted molar refractivity (Wildman–Crippen MR) is 85.6 cm³/mol. The summed E-state index contributed by atoms with van der Waals surface area (Å²) in [4.78, 5) is 4.19. The number of halogens is 1. The maximum Gasteiger partial charge on any atom is 0.191 e. The van der Waals surface area contributed by atoms with Crippen LogP contribution in [0.2, 0.25) is 5.02 Å². The molecular formula is C15H24ClN3O. The number of hydrogen-bond donors (Lipinski definition) is 2. The summed E-state index contributed by atoms with van der Waals surface area (Å²) in [6.45, 7) is 5.55. The molecule has 1 rings (SSSR count). The molecule has 20 heavy (non-hydrogen) atoms. The lowest BCUT2D eigenvalue weighted by Gasteiger charge is -2.24. The Labute approximate surface area is 126 Å². The predicted octanol–water partition coefficient (Wildman–Crippen LogP) is 2.47. The van der Waals surface area contributed by atoms with Crippen LogP contribution in [0.5, 0.6) is 0 Å². The Morgan fingerprint density at radius 3 is 2.70 bits per heavy atom. The molecule has 112 valence electrons. The Balaban J connectivity index is 2.35. The number of benzene rings is 1. The van der Waals surface area contributed by atoms with Gasteiger partial charge >= 0.3 is 0 Å². The van der Waals surface area contributed by atoms with Gasteiger partial charge in [0.1, 0.15) is 0 Å². The first-order valence-electron chi connectivity index (χ1n) is 6.71. The van der Waals surface area contributed by atoms with Gasteiger partial charge in [-0.15, -0.1) is 0 Å². The van der Waals surface area contributed by atoms with E-state index in [-0.39, 0.29) is 5.60 Å². The van der Waals surface area contributed by atoms with E-state index in [1.807, 2.05) is 32.0 Å². The van der Waals surface area contributed by atoms with Crippen LogP contribution in [-0.4, -0.2) is 38.8 Å². The third-order valence-electron chi connectivity index (χ3n) is 3.05. The highest BCUT2D eigenvalue weighted by molar-refractivity contribution is 6.30. The van der Waals surface area contributed by atoms with E-state index >= 15 is 0 Å². The zero-order valence-electron chi connectivity index (χ0n) is 12.7. The SMILES string of the molecule is CN=C(NCCc1cccc(Cl)c1)NCC(C)(C)OC. The highest BCUT2D eigenvalue weighted by Crippen LogP contribution is 2.10. The van der Waals surface area contributed by atoms with Crippen molar-refractivity contribution < 1.29 is 4.74 Å². The standard InChI is InChI=1S/C15H24ClN3O/c1-15(2,20-4)11-19-14(17-3)18-9-8-12-6-5-7-13(16)10-12/h5-7,10H,8-9,11H2,1-4H3,(H2,17,18,19). The van der Waals surface area contributed by atoms with Crippen LogP contribution in [0.25, 0.3) is 0 Å². The van der Waals surface area contributed by atoms with Gasteiger partial charge in [0.15, 0.2) is 5.96 Å². The highest BCUT2D eigenvalue weighted by atomic mass is 35.5. The molecule has 0 spiro atoms. The summed E-state index contributed by atoms with van der Waals surface area (Å²) in [5.74, 6) is 0.775. The Morgan fingerprint density at radius 2 is 2.10 bits per heavy atom. The van der Waals surface area contributed by atoms with Crippen molar-refractivity contribution in [2.24, 2.45) is 4.99 Å². The summed E-state index contributed by atoms with van der Waals surface area (Å²) in [5.41, 5.74) is 0.988. The second kappa shape index (κ2) is 8.12. The Hall–Kier alpha value is -1.26. The largest absolute Gasteiger partial charge is 0.377 e. The van der Waals surface area contributed by atoms with Gasteiger partial charge in [-0.05, 0) is 38.0 Å². The van der Waals surface area contributed by atoms with E-state index in [2.05, 4.69) is 21.7 Å². The third kappa shape index (κ3) is 6.26. The summed E-state index contributed by atoms with van der Waals surface area (Å²) >= 11 is 5.96. The van der Waals surface area contributed by atoms with Crippen LogP contribution < -0.4 is 10.6 Å². The van der Waals surface area contributed by atoms with E-state index < -0.39 is 0 Å². The van der Waals surface area contributed by atoms with Crippen LogP contribution in [0.4, 0.5) is 0 Å². The normalized spacial score (nSPS) is 12.3. The van der Waals surface area contributed by atoms with Crippen molar-refractivity contribution >= 4 is 17.6 Å². The number of rotatable bonds is 6. The van der Waals surface area contributed by atoms with E-state index in [9.17, 15) is 0 Å². The van der Waals surface area contributed by atoms with Gasteiger partial charge in [0.25, 0.3) is 0 Å². The molecule has 0 aliphatic carbocycles. The number of ether oxygens (including phenoxy) is 1. The Kier molecular flexibility index (Phi) is 6.82. The molecular weight excluding hydrogens is 274 g/mol. The fourth-order valence-electron chi connectivity index (χ4n) is 1.61. The summed E-state index contributed by atoms with van der Waals surface area (Å²) in [6.07, 6.45) is 0.898. The number of nitrogens with one attached hydrogen (secondary N) is 2. The van der Waals surface area contributed by atoms with Crippen LogP contribution in [0.15, 0.2) is 29.3 Å². The number of methoxy groups -OCH3 is 1. The van der Waals surface area contributed by atoms with E-state index in [1.54, 1.807) is 14.2 Å². The molecule has 0 amide bonds. The van der Waals surface area contributed by atoms with Gasteiger partial charge in [-0.2, -0.15) is 0 Å². The van der Waals surface area contributed by atoms with Crippen LogP contribution in [0.1, 0.15) is 19.4 Å². The first-order chi connectivity index (χ1) is 9.46. The van der Waals surface area contributed by atoms with E-state index in [1.165, 1.54) is 5.56 Å². The van der Waals surface area contributed by atoms with Crippen LogP contribution in [0, 0.1) is 0 Å². The van der Waals surface area contributed by atoms with Crippen LogP contribution in [0.3, 0.4) is 0 Å². The lowest BCUT2D eigenvalue weighted by molar-refractivity contribution is 0.0268. The quantitative estimate of drug-likeness (QED) is 0.626. The molecule has 1 aromatic carbocycles. The van der Waals surface area contributed by atoms with Gasteiger partial charge in [0.2, 0.25) is 0 Å². The number of guanidine groups is 1. The molecule has 0 saturated heterocycles. The summed E-state index contributed by atoms with van der Waals surface area (Å²) in [6, 6.07) is 7.89. The first kappa shape index (κ1) is 16.8. The van der Waals surface area contributed by atoms with E-state index in [0.29, 0.717) is 6.54 Å². The Bertz CT molecular complexity index is 446. The van der Waals surface area contributed by atoms with Crippen LogP contribution >= 0.6 is 11.6 Å². The van der Waals surface area contributed by atoms with Gasteiger partial charge in [0.05, 0.1) is 5.60 Å². The lowest BCUT2D eigenvalue weighted by Crippen LogP contribution is -2.45. The molecule has 0 aromatic heterocycles. The van der Waals surface area contributed by atoms with Crippen LogP contribution in [-0.2, 0) is 11.2 Å². The Morgan fingerprint density at radius 1 is 1.35 bits per heavy atom. The minimum Gasteiger partial charge on any atom is -0.377 e. The van der Waals surface area contributed by atoms with Gasteiger partial charge in [-0.1, -0.05) is 23.7 Å². The molecule has 0 fully saturated rings. The molecule has 0 bridgehead atoms. The minimum atomic E-state index is -0.218. The zero-order chi connectivity index (χ0) is 15.0. The molecule has 5 heteroatoms. The van der Waals surface area contributed by atoms with Crippen molar-refractivity contribution in [2.45, 2.75) is 25.9 Å². The molecule has 2 N–H and O–H groups in total. The smallest absolute Gasteiger partial charge is 0.191 e. The molecule has 0 aliphatic heterocycles.